The molecule has 0 radical (unpaired) electrons. The van der Waals surface area contributed by atoms with Gasteiger partial charge in [0.15, 0.2) is 5.78 Å². The smallest absolute Gasteiger partial charge is 0.163 e. The zero-order valence-electron chi connectivity index (χ0n) is 10.6. The number of aryl methyl sites for hydroxylation is 2. The van der Waals surface area contributed by atoms with Crippen LogP contribution in [0, 0.1) is 0 Å². The third-order valence-electron chi connectivity index (χ3n) is 2.79. The summed E-state index contributed by atoms with van der Waals surface area (Å²) in [6.45, 7) is 0. The van der Waals surface area contributed by atoms with E-state index in [0.29, 0.717) is 24.2 Å². The fourth-order valence-corrected chi connectivity index (χ4v) is 1.80. The van der Waals surface area contributed by atoms with Gasteiger partial charge in [-0.05, 0) is 24.1 Å². The average Bonchev–Trinajstić information content (AvgIpc) is 2.82. The first kappa shape index (κ1) is 12.4. The van der Waals surface area contributed by atoms with Gasteiger partial charge in [-0.1, -0.05) is 12.1 Å². The molecule has 0 saturated heterocycles. The quantitative estimate of drug-likeness (QED) is 0.758. The lowest BCUT2D eigenvalue weighted by molar-refractivity contribution is 0.0982. The summed E-state index contributed by atoms with van der Waals surface area (Å²) in [5.74, 6) is 0.833. The van der Waals surface area contributed by atoms with Crippen molar-refractivity contribution in [3.63, 3.8) is 0 Å². The van der Waals surface area contributed by atoms with Gasteiger partial charge in [0.05, 0.1) is 13.3 Å². The van der Waals surface area contributed by atoms with E-state index in [1.165, 1.54) is 0 Å². The molecule has 0 N–H and O–H groups in total. The fourth-order valence-electron chi connectivity index (χ4n) is 1.80. The van der Waals surface area contributed by atoms with Crippen LogP contribution in [0.3, 0.4) is 0 Å². The molecule has 4 nitrogen and oxygen atoms in total. The summed E-state index contributed by atoms with van der Waals surface area (Å²) in [6.07, 6.45) is 4.92. The minimum atomic E-state index is 0.123. The molecule has 0 spiro atoms. The highest BCUT2D eigenvalue weighted by Crippen LogP contribution is 2.15. The molecule has 1 heterocycles. The minimum Gasteiger partial charge on any atom is -0.497 e. The molecule has 1 aromatic carbocycles. The average molecular weight is 244 g/mol. The molecule has 4 heteroatoms. The summed E-state index contributed by atoms with van der Waals surface area (Å²) in [5.41, 5.74) is 1.77. The number of carbonyl (C=O) groups is 1. The van der Waals surface area contributed by atoms with Crippen LogP contribution in [0.25, 0.3) is 0 Å². The minimum absolute atomic E-state index is 0.123. The standard InChI is InChI=1S/C14H16N2O2/c1-16-10-11(9-15-16)6-7-14(17)12-4-3-5-13(8-12)18-2/h3-5,8-10H,6-7H2,1-2H3. The van der Waals surface area contributed by atoms with Crippen LogP contribution >= 0.6 is 0 Å². The number of ether oxygens (including phenoxy) is 1. The molecule has 2 aromatic rings. The van der Waals surface area contributed by atoms with Crippen molar-refractivity contribution in [3.05, 3.63) is 47.8 Å². The topological polar surface area (TPSA) is 44.1 Å². The van der Waals surface area contributed by atoms with Crippen molar-refractivity contribution < 1.29 is 9.53 Å². The summed E-state index contributed by atoms with van der Waals surface area (Å²) < 4.78 is 6.85. The van der Waals surface area contributed by atoms with E-state index in [1.54, 1.807) is 24.1 Å². The van der Waals surface area contributed by atoms with E-state index in [0.717, 1.165) is 5.56 Å². The van der Waals surface area contributed by atoms with Crippen molar-refractivity contribution in [2.45, 2.75) is 12.8 Å². The van der Waals surface area contributed by atoms with E-state index in [9.17, 15) is 4.79 Å². The Hall–Kier alpha value is -2.10. The first-order valence-corrected chi connectivity index (χ1v) is 5.84. The second-order valence-electron chi connectivity index (χ2n) is 4.18. The normalized spacial score (nSPS) is 10.3. The molecule has 94 valence electrons. The molecule has 0 amide bonds. The van der Waals surface area contributed by atoms with Crippen LogP contribution in [0.15, 0.2) is 36.7 Å². The van der Waals surface area contributed by atoms with E-state index in [4.69, 9.17) is 4.74 Å². The SMILES string of the molecule is COc1cccc(C(=O)CCc2cnn(C)c2)c1. The number of aromatic nitrogens is 2. The molecular formula is C14H16N2O2. The maximum Gasteiger partial charge on any atom is 0.163 e. The van der Waals surface area contributed by atoms with Gasteiger partial charge in [0.2, 0.25) is 0 Å². The van der Waals surface area contributed by atoms with E-state index in [1.807, 2.05) is 31.4 Å². The van der Waals surface area contributed by atoms with Gasteiger partial charge in [0.1, 0.15) is 5.75 Å². The van der Waals surface area contributed by atoms with Crippen LogP contribution in [0.5, 0.6) is 5.75 Å². The lowest BCUT2D eigenvalue weighted by Crippen LogP contribution is -2.01. The number of nitrogens with zero attached hydrogens (tertiary/aromatic N) is 2. The number of hydrogen-bond donors (Lipinski definition) is 0. The van der Waals surface area contributed by atoms with Crippen molar-refractivity contribution >= 4 is 5.78 Å². The molecular weight excluding hydrogens is 228 g/mol. The molecule has 0 fully saturated rings. The van der Waals surface area contributed by atoms with E-state index >= 15 is 0 Å². The Kier molecular flexibility index (Phi) is 3.77. The van der Waals surface area contributed by atoms with Gasteiger partial charge in [-0.3, -0.25) is 9.48 Å². The fraction of sp³-hybridized carbons (Fsp3) is 0.286. The summed E-state index contributed by atoms with van der Waals surface area (Å²) in [4.78, 5) is 12.0. The summed E-state index contributed by atoms with van der Waals surface area (Å²) in [5, 5.41) is 4.08. The van der Waals surface area contributed by atoms with Crippen LogP contribution in [0.2, 0.25) is 0 Å². The molecule has 0 saturated carbocycles. The molecule has 18 heavy (non-hydrogen) atoms. The predicted octanol–water partition coefficient (Wildman–Crippen LogP) is 2.24. The van der Waals surface area contributed by atoms with Crippen LogP contribution < -0.4 is 4.74 Å². The molecule has 2 rings (SSSR count). The van der Waals surface area contributed by atoms with E-state index in [-0.39, 0.29) is 5.78 Å². The zero-order chi connectivity index (χ0) is 13.0. The third kappa shape index (κ3) is 2.97. The Bertz CT molecular complexity index is 546. The Balaban J connectivity index is 1.99. The Morgan fingerprint density at radius 3 is 2.94 bits per heavy atom. The molecule has 0 aliphatic carbocycles. The van der Waals surface area contributed by atoms with Crippen molar-refractivity contribution in [1.29, 1.82) is 0 Å². The number of rotatable bonds is 5. The van der Waals surface area contributed by atoms with Gasteiger partial charge in [-0.25, -0.2) is 0 Å². The lowest BCUT2D eigenvalue weighted by Gasteiger charge is -2.03. The Morgan fingerprint density at radius 2 is 2.28 bits per heavy atom. The number of Topliss-reactive ketones (excluding diaryl/α,β-unsaturated/α-hetero) is 1. The molecule has 0 atom stereocenters. The van der Waals surface area contributed by atoms with Crippen LogP contribution in [-0.2, 0) is 13.5 Å². The molecule has 0 unspecified atom stereocenters. The first-order valence-electron chi connectivity index (χ1n) is 5.84. The number of carbonyl (C=O) groups excluding carboxylic acids is 1. The molecule has 1 aromatic heterocycles. The monoisotopic (exact) mass is 244 g/mol. The third-order valence-corrected chi connectivity index (χ3v) is 2.79. The molecule has 0 aliphatic rings. The van der Waals surface area contributed by atoms with Crippen LogP contribution in [-0.4, -0.2) is 22.7 Å². The predicted molar refractivity (Wildman–Crippen MR) is 68.9 cm³/mol. The summed E-state index contributed by atoms with van der Waals surface area (Å²) >= 11 is 0. The van der Waals surface area contributed by atoms with Gasteiger partial charge in [-0.2, -0.15) is 5.10 Å². The largest absolute Gasteiger partial charge is 0.497 e. The van der Waals surface area contributed by atoms with Crippen molar-refractivity contribution in [1.82, 2.24) is 9.78 Å². The van der Waals surface area contributed by atoms with Crippen molar-refractivity contribution in [2.75, 3.05) is 7.11 Å². The van der Waals surface area contributed by atoms with E-state index in [2.05, 4.69) is 5.10 Å². The summed E-state index contributed by atoms with van der Waals surface area (Å²) in [7, 11) is 3.46. The van der Waals surface area contributed by atoms with E-state index < -0.39 is 0 Å². The van der Waals surface area contributed by atoms with Crippen molar-refractivity contribution in [2.24, 2.45) is 7.05 Å². The number of benzene rings is 1. The number of hydrogen-bond acceptors (Lipinski definition) is 3. The molecule has 0 aliphatic heterocycles. The summed E-state index contributed by atoms with van der Waals surface area (Å²) in [6, 6.07) is 7.24. The second-order valence-corrected chi connectivity index (χ2v) is 4.18. The van der Waals surface area contributed by atoms with Gasteiger partial charge < -0.3 is 4.74 Å². The number of methoxy groups -OCH3 is 1. The van der Waals surface area contributed by atoms with Gasteiger partial charge >= 0.3 is 0 Å². The number of ketones is 1. The Morgan fingerprint density at radius 1 is 1.44 bits per heavy atom. The second kappa shape index (κ2) is 5.49. The van der Waals surface area contributed by atoms with Crippen LogP contribution in [0.1, 0.15) is 22.3 Å². The highest BCUT2D eigenvalue weighted by atomic mass is 16.5. The first-order chi connectivity index (χ1) is 8.69. The van der Waals surface area contributed by atoms with Gasteiger partial charge in [0.25, 0.3) is 0 Å². The zero-order valence-corrected chi connectivity index (χ0v) is 10.6. The van der Waals surface area contributed by atoms with Crippen molar-refractivity contribution in [3.8, 4) is 5.75 Å². The Labute approximate surface area is 106 Å². The van der Waals surface area contributed by atoms with Gasteiger partial charge in [0, 0.05) is 25.2 Å². The molecule has 0 bridgehead atoms. The van der Waals surface area contributed by atoms with Gasteiger partial charge in [-0.15, -0.1) is 0 Å². The van der Waals surface area contributed by atoms with Crippen LogP contribution in [0.4, 0.5) is 0 Å². The highest BCUT2D eigenvalue weighted by Gasteiger charge is 2.07. The lowest BCUT2D eigenvalue weighted by atomic mass is 10.0. The highest BCUT2D eigenvalue weighted by molar-refractivity contribution is 5.96. The maximum atomic E-state index is 12.0. The maximum absolute atomic E-state index is 12.0.